The van der Waals surface area contributed by atoms with Crippen LogP contribution in [0.25, 0.3) is 11.3 Å². The van der Waals surface area contributed by atoms with Crippen molar-refractivity contribution in [1.29, 1.82) is 0 Å². The number of carbonyl (C=O) groups is 1. The Labute approximate surface area is 167 Å². The first-order valence-corrected chi connectivity index (χ1v) is 9.96. The van der Waals surface area contributed by atoms with Crippen LogP contribution >= 0.6 is 11.8 Å². The fourth-order valence-corrected chi connectivity index (χ4v) is 3.72. The van der Waals surface area contributed by atoms with Gasteiger partial charge in [-0.2, -0.15) is 5.10 Å². The average molecular weight is 392 g/mol. The largest absolute Gasteiger partial charge is 0.497 e. The number of aliphatic imine (C=N–C) groups is 1. The van der Waals surface area contributed by atoms with Gasteiger partial charge in [0.25, 0.3) is 5.91 Å². The zero-order chi connectivity index (χ0) is 19.3. The van der Waals surface area contributed by atoms with Crippen molar-refractivity contribution < 1.29 is 9.53 Å². The van der Waals surface area contributed by atoms with Gasteiger partial charge in [-0.3, -0.25) is 14.5 Å². The van der Waals surface area contributed by atoms with Crippen molar-refractivity contribution in [1.82, 2.24) is 15.1 Å². The van der Waals surface area contributed by atoms with Gasteiger partial charge in [-0.05, 0) is 17.7 Å². The lowest BCUT2D eigenvalue weighted by Gasteiger charge is -2.06. The zero-order valence-electron chi connectivity index (χ0n) is 15.5. The number of nitrogens with one attached hydrogen (secondary N) is 1. The van der Waals surface area contributed by atoms with Gasteiger partial charge < -0.3 is 10.1 Å². The van der Waals surface area contributed by atoms with Crippen LogP contribution in [0.15, 0.2) is 65.8 Å². The fourth-order valence-electron chi connectivity index (χ4n) is 3.00. The van der Waals surface area contributed by atoms with Gasteiger partial charge in [-0.1, -0.05) is 54.2 Å². The molecule has 7 heteroatoms. The minimum Gasteiger partial charge on any atom is -0.497 e. The summed E-state index contributed by atoms with van der Waals surface area (Å²) in [5.41, 5.74) is 3.08. The van der Waals surface area contributed by atoms with E-state index in [1.807, 2.05) is 54.6 Å². The molecule has 0 atom stereocenters. The number of ether oxygens (including phenoxy) is 1. The molecule has 0 bridgehead atoms. The lowest BCUT2D eigenvalue weighted by molar-refractivity contribution is 0.0978. The molecular weight excluding hydrogens is 372 g/mol. The second-order valence-electron chi connectivity index (χ2n) is 6.30. The first-order chi connectivity index (χ1) is 13.7. The van der Waals surface area contributed by atoms with Gasteiger partial charge in [0.1, 0.15) is 11.4 Å². The SMILES string of the molecule is COc1cccc(-c2nn(Cc3ccccc3)cc2C(=O)NC2=NCCS2)c1. The highest BCUT2D eigenvalue weighted by Crippen LogP contribution is 2.26. The molecular formula is C21H20N4O2S. The molecule has 28 heavy (non-hydrogen) atoms. The van der Waals surface area contributed by atoms with Crippen LogP contribution in [0.1, 0.15) is 15.9 Å². The van der Waals surface area contributed by atoms with E-state index >= 15 is 0 Å². The van der Waals surface area contributed by atoms with Crippen molar-refractivity contribution in [2.45, 2.75) is 6.54 Å². The molecule has 1 amide bonds. The van der Waals surface area contributed by atoms with Crippen LogP contribution in [0, 0.1) is 0 Å². The molecule has 0 aliphatic carbocycles. The molecule has 0 fully saturated rings. The molecule has 1 aliphatic heterocycles. The molecule has 0 unspecified atom stereocenters. The Morgan fingerprint density at radius 3 is 2.82 bits per heavy atom. The molecule has 0 saturated heterocycles. The summed E-state index contributed by atoms with van der Waals surface area (Å²) >= 11 is 1.55. The number of amidine groups is 1. The summed E-state index contributed by atoms with van der Waals surface area (Å²) in [6.07, 6.45) is 1.79. The Balaban J connectivity index is 1.70. The third kappa shape index (κ3) is 4.09. The van der Waals surface area contributed by atoms with Crippen molar-refractivity contribution in [2.75, 3.05) is 19.4 Å². The molecule has 0 spiro atoms. The van der Waals surface area contributed by atoms with E-state index in [0.717, 1.165) is 29.2 Å². The number of benzene rings is 2. The van der Waals surface area contributed by atoms with E-state index in [-0.39, 0.29) is 5.91 Å². The summed E-state index contributed by atoms with van der Waals surface area (Å²) in [7, 11) is 1.62. The predicted octanol–water partition coefficient (Wildman–Crippen LogP) is 3.44. The van der Waals surface area contributed by atoms with E-state index < -0.39 is 0 Å². The monoisotopic (exact) mass is 392 g/mol. The first kappa shape index (κ1) is 18.3. The van der Waals surface area contributed by atoms with Crippen LogP contribution in [0.5, 0.6) is 5.75 Å². The molecule has 3 aromatic rings. The maximum Gasteiger partial charge on any atom is 0.261 e. The van der Waals surface area contributed by atoms with E-state index in [1.54, 1.807) is 29.8 Å². The molecule has 1 aliphatic rings. The molecule has 142 valence electrons. The minimum atomic E-state index is -0.203. The maximum atomic E-state index is 12.9. The van der Waals surface area contributed by atoms with Crippen LogP contribution < -0.4 is 10.1 Å². The minimum absolute atomic E-state index is 0.203. The number of methoxy groups -OCH3 is 1. The number of aromatic nitrogens is 2. The molecule has 0 saturated carbocycles. The molecule has 6 nitrogen and oxygen atoms in total. The molecule has 4 rings (SSSR count). The summed E-state index contributed by atoms with van der Waals surface area (Å²) in [5, 5.41) is 8.27. The molecule has 1 aromatic heterocycles. The van der Waals surface area contributed by atoms with E-state index in [4.69, 9.17) is 9.84 Å². The van der Waals surface area contributed by atoms with Gasteiger partial charge in [-0.15, -0.1) is 0 Å². The summed E-state index contributed by atoms with van der Waals surface area (Å²) in [5.74, 6) is 1.41. The number of hydrogen-bond acceptors (Lipinski definition) is 5. The van der Waals surface area contributed by atoms with Crippen molar-refractivity contribution in [2.24, 2.45) is 4.99 Å². The van der Waals surface area contributed by atoms with Gasteiger partial charge in [0, 0.05) is 17.5 Å². The van der Waals surface area contributed by atoms with Gasteiger partial charge in [0.05, 0.1) is 25.8 Å². The topological polar surface area (TPSA) is 68.5 Å². The van der Waals surface area contributed by atoms with Gasteiger partial charge >= 0.3 is 0 Å². The summed E-state index contributed by atoms with van der Waals surface area (Å²) in [6, 6.07) is 17.6. The first-order valence-electron chi connectivity index (χ1n) is 8.97. The quantitative estimate of drug-likeness (QED) is 0.722. The molecule has 1 N–H and O–H groups in total. The van der Waals surface area contributed by atoms with Crippen LogP contribution in [-0.2, 0) is 6.54 Å². The normalized spacial score (nSPS) is 13.2. The second-order valence-corrected chi connectivity index (χ2v) is 7.38. The van der Waals surface area contributed by atoms with Gasteiger partial charge in [-0.25, -0.2) is 0 Å². The molecule has 2 heterocycles. The summed E-state index contributed by atoms with van der Waals surface area (Å²) in [6.45, 7) is 1.32. The summed E-state index contributed by atoms with van der Waals surface area (Å²) < 4.78 is 7.12. The highest BCUT2D eigenvalue weighted by Gasteiger charge is 2.21. The summed E-state index contributed by atoms with van der Waals surface area (Å²) in [4.78, 5) is 17.2. The lowest BCUT2D eigenvalue weighted by Crippen LogP contribution is -2.27. The Bertz CT molecular complexity index is 1010. The Morgan fingerprint density at radius 1 is 1.21 bits per heavy atom. The highest BCUT2D eigenvalue weighted by molar-refractivity contribution is 8.14. The van der Waals surface area contributed by atoms with Gasteiger partial charge in [0.2, 0.25) is 0 Å². The molecule has 0 radical (unpaired) electrons. The Morgan fingerprint density at radius 2 is 2.07 bits per heavy atom. The van der Waals surface area contributed by atoms with Crippen LogP contribution in [0.3, 0.4) is 0 Å². The fraction of sp³-hybridized carbons (Fsp3) is 0.190. The third-order valence-corrected chi connectivity index (χ3v) is 5.23. The Hall–Kier alpha value is -3.06. The van der Waals surface area contributed by atoms with Crippen molar-refractivity contribution >= 4 is 22.8 Å². The van der Waals surface area contributed by atoms with Crippen LogP contribution in [0.2, 0.25) is 0 Å². The number of amides is 1. The molecule has 2 aromatic carbocycles. The van der Waals surface area contributed by atoms with E-state index in [9.17, 15) is 4.79 Å². The lowest BCUT2D eigenvalue weighted by atomic mass is 10.1. The smallest absolute Gasteiger partial charge is 0.261 e. The number of rotatable bonds is 5. The van der Waals surface area contributed by atoms with E-state index in [2.05, 4.69) is 10.3 Å². The number of hydrogen-bond donors (Lipinski definition) is 1. The average Bonchev–Trinajstić information content (AvgIpc) is 3.39. The van der Waals surface area contributed by atoms with Crippen molar-refractivity contribution in [3.63, 3.8) is 0 Å². The van der Waals surface area contributed by atoms with Gasteiger partial charge in [0.15, 0.2) is 5.17 Å². The van der Waals surface area contributed by atoms with Crippen LogP contribution in [0.4, 0.5) is 0 Å². The zero-order valence-corrected chi connectivity index (χ0v) is 16.3. The Kier molecular flexibility index (Phi) is 5.43. The van der Waals surface area contributed by atoms with Crippen molar-refractivity contribution in [3.8, 4) is 17.0 Å². The van der Waals surface area contributed by atoms with Crippen LogP contribution in [-0.4, -0.2) is 40.3 Å². The highest BCUT2D eigenvalue weighted by atomic mass is 32.2. The van der Waals surface area contributed by atoms with E-state index in [1.165, 1.54) is 0 Å². The van der Waals surface area contributed by atoms with Crippen molar-refractivity contribution in [3.05, 3.63) is 71.9 Å². The number of thioether (sulfide) groups is 1. The standard InChI is InChI=1S/C21H20N4O2S/c1-27-17-9-5-8-16(12-17)19-18(20(26)23-21-22-10-11-28-21)14-25(24-19)13-15-6-3-2-4-7-15/h2-9,12,14H,10-11,13H2,1H3,(H,22,23,26). The second kappa shape index (κ2) is 8.31. The number of carbonyl (C=O) groups excluding carboxylic acids is 1. The third-order valence-electron chi connectivity index (χ3n) is 4.34. The van der Waals surface area contributed by atoms with E-state index in [0.29, 0.717) is 23.0 Å². The predicted molar refractivity (Wildman–Crippen MR) is 112 cm³/mol. The maximum absolute atomic E-state index is 12.9. The number of nitrogens with zero attached hydrogens (tertiary/aromatic N) is 3.